The first-order chi connectivity index (χ1) is 15.7. The average molecular weight is 471 g/mol. The molecule has 0 aliphatic rings. The molecule has 11 heteroatoms. The van der Waals surface area contributed by atoms with E-state index in [1.165, 1.54) is 42.7 Å². The molecule has 0 aliphatic carbocycles. The first kappa shape index (κ1) is 23.7. The normalized spacial score (nSPS) is 11.9. The van der Waals surface area contributed by atoms with E-state index in [1.807, 2.05) is 6.07 Å². The maximum Gasteiger partial charge on any atom is 0.329 e. The quantitative estimate of drug-likeness (QED) is 0.399. The van der Waals surface area contributed by atoms with Crippen molar-refractivity contribution in [1.29, 1.82) is 0 Å². The SMILES string of the molecule is NS(=O)(=O)c1cccc(NC(=O)COC(=O)C(Cc2ccccc2)NC(=O)c2ccco2)c1. The number of nitrogens with two attached hydrogens (primary N) is 1. The topological polar surface area (TPSA) is 158 Å². The summed E-state index contributed by atoms with van der Waals surface area (Å²) in [6.45, 7) is -0.652. The zero-order valence-electron chi connectivity index (χ0n) is 17.3. The van der Waals surface area contributed by atoms with Gasteiger partial charge in [-0.15, -0.1) is 0 Å². The molecule has 33 heavy (non-hydrogen) atoms. The van der Waals surface area contributed by atoms with Crippen LogP contribution in [0.5, 0.6) is 0 Å². The molecule has 4 N–H and O–H groups in total. The number of furan rings is 1. The molecule has 0 saturated heterocycles. The van der Waals surface area contributed by atoms with Gasteiger partial charge in [-0.1, -0.05) is 36.4 Å². The smallest absolute Gasteiger partial charge is 0.329 e. The minimum atomic E-state index is -3.94. The number of hydrogen-bond donors (Lipinski definition) is 3. The van der Waals surface area contributed by atoms with E-state index in [9.17, 15) is 22.8 Å². The van der Waals surface area contributed by atoms with Crippen molar-refractivity contribution in [2.45, 2.75) is 17.4 Å². The van der Waals surface area contributed by atoms with Crippen molar-refractivity contribution in [3.63, 3.8) is 0 Å². The van der Waals surface area contributed by atoms with E-state index in [4.69, 9.17) is 14.3 Å². The average Bonchev–Trinajstić information content (AvgIpc) is 3.32. The van der Waals surface area contributed by atoms with Crippen LogP contribution in [0.25, 0.3) is 0 Å². The summed E-state index contributed by atoms with van der Waals surface area (Å²) in [6, 6.07) is 16.2. The van der Waals surface area contributed by atoms with Crippen molar-refractivity contribution < 1.29 is 32.0 Å². The second-order valence-electron chi connectivity index (χ2n) is 6.92. The Labute approximate surface area is 189 Å². The highest BCUT2D eigenvalue weighted by Gasteiger charge is 2.25. The maximum absolute atomic E-state index is 12.7. The predicted molar refractivity (Wildman–Crippen MR) is 118 cm³/mol. The van der Waals surface area contributed by atoms with Crippen LogP contribution in [0.1, 0.15) is 16.1 Å². The number of benzene rings is 2. The number of hydrogen-bond acceptors (Lipinski definition) is 7. The summed E-state index contributed by atoms with van der Waals surface area (Å²) in [7, 11) is -3.94. The van der Waals surface area contributed by atoms with Crippen molar-refractivity contribution in [2.24, 2.45) is 5.14 Å². The molecule has 2 amide bonds. The van der Waals surface area contributed by atoms with Crippen LogP contribution in [-0.2, 0) is 30.8 Å². The van der Waals surface area contributed by atoms with Gasteiger partial charge >= 0.3 is 5.97 Å². The Kier molecular flexibility index (Phi) is 7.59. The molecular weight excluding hydrogens is 450 g/mol. The lowest BCUT2D eigenvalue weighted by molar-refractivity contribution is -0.149. The third-order valence-corrected chi connectivity index (χ3v) is 5.32. The van der Waals surface area contributed by atoms with E-state index in [0.29, 0.717) is 0 Å². The number of rotatable bonds is 9. The predicted octanol–water partition coefficient (Wildman–Crippen LogP) is 1.45. The van der Waals surface area contributed by atoms with E-state index >= 15 is 0 Å². The summed E-state index contributed by atoms with van der Waals surface area (Å²) < 4.78 is 33.0. The Bertz CT molecular complexity index is 1230. The van der Waals surface area contributed by atoms with Gasteiger partial charge in [0.1, 0.15) is 6.04 Å². The molecule has 0 fully saturated rings. The first-order valence-electron chi connectivity index (χ1n) is 9.70. The standard InChI is InChI=1S/C22H21N3O7S/c23-33(29,30)17-9-4-8-16(13-17)24-20(26)14-32-22(28)18(12-15-6-2-1-3-7-15)25-21(27)19-10-5-11-31-19/h1-11,13,18H,12,14H2,(H,24,26)(H,25,27)(H2,23,29,30). The zero-order valence-corrected chi connectivity index (χ0v) is 18.1. The molecule has 10 nitrogen and oxygen atoms in total. The third kappa shape index (κ3) is 7.02. The van der Waals surface area contributed by atoms with Crippen molar-refractivity contribution in [3.05, 3.63) is 84.3 Å². The Balaban J connectivity index is 1.63. The van der Waals surface area contributed by atoms with Gasteiger partial charge in [-0.2, -0.15) is 0 Å². The Hall–Kier alpha value is -3.96. The number of carbonyl (C=O) groups excluding carboxylic acids is 3. The highest BCUT2D eigenvalue weighted by atomic mass is 32.2. The van der Waals surface area contributed by atoms with Gasteiger partial charge in [0, 0.05) is 12.1 Å². The van der Waals surface area contributed by atoms with Crippen molar-refractivity contribution in [2.75, 3.05) is 11.9 Å². The zero-order chi connectivity index (χ0) is 23.8. The van der Waals surface area contributed by atoms with Crippen molar-refractivity contribution >= 4 is 33.5 Å². The lowest BCUT2D eigenvalue weighted by Crippen LogP contribution is -2.44. The fourth-order valence-corrected chi connectivity index (χ4v) is 3.42. The number of esters is 1. The van der Waals surface area contributed by atoms with Crippen LogP contribution in [0.4, 0.5) is 5.69 Å². The van der Waals surface area contributed by atoms with E-state index in [-0.39, 0.29) is 22.8 Å². The molecule has 172 valence electrons. The minimum absolute atomic E-state index is 0.0216. The number of amides is 2. The Morgan fingerprint density at radius 1 is 1.00 bits per heavy atom. The van der Waals surface area contributed by atoms with Crippen molar-refractivity contribution in [1.82, 2.24) is 5.32 Å². The van der Waals surface area contributed by atoms with Crippen molar-refractivity contribution in [3.8, 4) is 0 Å². The fourth-order valence-electron chi connectivity index (χ4n) is 2.87. The summed E-state index contributed by atoms with van der Waals surface area (Å²) >= 11 is 0. The van der Waals surface area contributed by atoms with Crippen LogP contribution < -0.4 is 15.8 Å². The molecule has 0 radical (unpaired) electrons. The molecule has 1 atom stereocenters. The van der Waals surface area contributed by atoms with Crippen LogP contribution in [0.15, 0.2) is 82.3 Å². The Morgan fingerprint density at radius 2 is 1.76 bits per heavy atom. The molecular formula is C22H21N3O7S. The largest absolute Gasteiger partial charge is 0.459 e. The molecule has 0 aliphatic heterocycles. The number of anilines is 1. The summed E-state index contributed by atoms with van der Waals surface area (Å²) in [5.74, 6) is -2.12. The first-order valence-corrected chi connectivity index (χ1v) is 11.2. The lowest BCUT2D eigenvalue weighted by Gasteiger charge is -2.17. The number of primary sulfonamides is 1. The molecule has 3 aromatic rings. The van der Waals surface area contributed by atoms with E-state index < -0.39 is 40.5 Å². The number of nitrogens with one attached hydrogen (secondary N) is 2. The molecule has 1 unspecified atom stereocenters. The summed E-state index contributed by atoms with van der Waals surface area (Å²) in [6.07, 6.45) is 1.46. The van der Waals surface area contributed by atoms with Gasteiger partial charge in [-0.3, -0.25) is 9.59 Å². The monoisotopic (exact) mass is 471 g/mol. The molecule has 0 saturated carbocycles. The fraction of sp³-hybridized carbons (Fsp3) is 0.136. The van der Waals surface area contributed by atoms with Crippen LogP contribution in [0.2, 0.25) is 0 Å². The van der Waals surface area contributed by atoms with E-state index in [1.54, 1.807) is 24.3 Å². The summed E-state index contributed by atoms with van der Waals surface area (Å²) in [5, 5.41) is 10.0. The molecule has 1 heterocycles. The van der Waals surface area contributed by atoms with Gasteiger partial charge in [0.05, 0.1) is 11.2 Å². The van der Waals surface area contributed by atoms with Gasteiger partial charge in [0.2, 0.25) is 10.0 Å². The Morgan fingerprint density at radius 3 is 2.42 bits per heavy atom. The number of carbonyl (C=O) groups is 3. The summed E-state index contributed by atoms with van der Waals surface area (Å²) in [4.78, 5) is 37.0. The van der Waals surface area contributed by atoms with Gasteiger partial charge in [0.25, 0.3) is 11.8 Å². The van der Waals surface area contributed by atoms with Crippen LogP contribution in [-0.4, -0.2) is 38.9 Å². The second-order valence-corrected chi connectivity index (χ2v) is 8.48. The highest BCUT2D eigenvalue weighted by molar-refractivity contribution is 7.89. The van der Waals surface area contributed by atoms with Gasteiger partial charge in [-0.05, 0) is 35.9 Å². The molecule has 0 bridgehead atoms. The van der Waals surface area contributed by atoms with Gasteiger partial charge in [-0.25, -0.2) is 18.4 Å². The molecule has 0 spiro atoms. The molecule has 1 aromatic heterocycles. The van der Waals surface area contributed by atoms with Gasteiger partial charge < -0.3 is 19.8 Å². The molecule has 3 rings (SSSR count). The lowest BCUT2D eigenvalue weighted by atomic mass is 10.1. The highest BCUT2D eigenvalue weighted by Crippen LogP contribution is 2.14. The third-order valence-electron chi connectivity index (χ3n) is 4.41. The van der Waals surface area contributed by atoms with E-state index in [2.05, 4.69) is 10.6 Å². The van der Waals surface area contributed by atoms with Gasteiger partial charge in [0.15, 0.2) is 12.4 Å². The van der Waals surface area contributed by atoms with Crippen LogP contribution in [0, 0.1) is 0 Å². The summed E-state index contributed by atoms with van der Waals surface area (Å²) in [5.41, 5.74) is 0.929. The maximum atomic E-state index is 12.7. The second kappa shape index (κ2) is 10.6. The van der Waals surface area contributed by atoms with Crippen LogP contribution in [0.3, 0.4) is 0 Å². The number of ether oxygens (including phenoxy) is 1. The van der Waals surface area contributed by atoms with Crippen LogP contribution >= 0.6 is 0 Å². The molecule has 2 aromatic carbocycles. The minimum Gasteiger partial charge on any atom is -0.459 e. The van der Waals surface area contributed by atoms with E-state index in [0.717, 1.165) is 5.56 Å². The number of sulfonamides is 1.